The fraction of sp³-hybridized carbons (Fsp3) is 0.286. The molecule has 106 valence electrons. The average Bonchev–Trinajstić information content (AvgIpc) is 2.49. The van der Waals surface area contributed by atoms with Crippen molar-refractivity contribution in [3.8, 4) is 23.3 Å². The van der Waals surface area contributed by atoms with E-state index in [4.69, 9.17) is 14.2 Å². The molecule has 0 saturated carbocycles. The average molecular weight is 275 g/mol. The molecule has 0 aliphatic rings. The minimum Gasteiger partial charge on any atom is -0.496 e. The molecule has 20 heavy (non-hydrogen) atoms. The Balaban J connectivity index is 2.16. The lowest BCUT2D eigenvalue weighted by Gasteiger charge is -2.09. The van der Waals surface area contributed by atoms with Crippen LogP contribution in [0.5, 0.6) is 23.3 Å². The van der Waals surface area contributed by atoms with Gasteiger partial charge in [-0.1, -0.05) is 0 Å². The summed E-state index contributed by atoms with van der Waals surface area (Å²) in [6, 6.07) is 5.53. The van der Waals surface area contributed by atoms with Crippen molar-refractivity contribution in [2.45, 2.75) is 6.54 Å². The third kappa shape index (κ3) is 3.58. The van der Waals surface area contributed by atoms with E-state index in [0.717, 1.165) is 5.56 Å². The van der Waals surface area contributed by atoms with E-state index in [2.05, 4.69) is 15.3 Å². The van der Waals surface area contributed by atoms with Gasteiger partial charge in [0.15, 0.2) is 0 Å². The lowest BCUT2D eigenvalue weighted by Crippen LogP contribution is -2.06. The van der Waals surface area contributed by atoms with E-state index in [0.29, 0.717) is 23.8 Å². The van der Waals surface area contributed by atoms with Gasteiger partial charge in [0, 0.05) is 42.7 Å². The standard InChI is InChI=1S/C14H17N3O3/c1-15-7-10-8-16-14(17-9-10)20-13-5-11(18-2)4-12(6-13)19-3/h4-6,8-9,15H,7H2,1-3H3. The number of benzene rings is 1. The Morgan fingerprint density at radius 3 is 2.00 bits per heavy atom. The normalized spacial score (nSPS) is 10.2. The molecule has 6 heteroatoms. The van der Waals surface area contributed by atoms with Crippen LogP contribution in [0.15, 0.2) is 30.6 Å². The molecule has 0 amide bonds. The Bertz CT molecular complexity index is 536. The number of ether oxygens (including phenoxy) is 3. The van der Waals surface area contributed by atoms with Gasteiger partial charge in [-0.15, -0.1) is 0 Å². The Hall–Kier alpha value is -2.34. The zero-order chi connectivity index (χ0) is 14.4. The third-order valence-electron chi connectivity index (χ3n) is 2.60. The molecule has 0 fully saturated rings. The molecule has 1 N–H and O–H groups in total. The van der Waals surface area contributed by atoms with Gasteiger partial charge in [0.25, 0.3) is 0 Å². The van der Waals surface area contributed by atoms with Crippen LogP contribution in [0.3, 0.4) is 0 Å². The van der Waals surface area contributed by atoms with Gasteiger partial charge in [-0.05, 0) is 7.05 Å². The first-order valence-corrected chi connectivity index (χ1v) is 6.11. The summed E-state index contributed by atoms with van der Waals surface area (Å²) in [6.45, 7) is 0.716. The van der Waals surface area contributed by atoms with Crippen molar-refractivity contribution in [1.82, 2.24) is 15.3 Å². The summed E-state index contributed by atoms with van der Waals surface area (Å²) in [5.74, 6) is 1.85. The first kappa shape index (κ1) is 14.1. The maximum atomic E-state index is 5.59. The molecule has 0 spiro atoms. The molecule has 0 saturated heterocycles. The summed E-state index contributed by atoms with van der Waals surface area (Å²) in [6.07, 6.45) is 3.44. The lowest BCUT2D eigenvalue weighted by atomic mass is 10.3. The molecule has 0 unspecified atom stereocenters. The van der Waals surface area contributed by atoms with Gasteiger partial charge in [-0.25, -0.2) is 9.97 Å². The smallest absolute Gasteiger partial charge is 0.321 e. The van der Waals surface area contributed by atoms with Crippen molar-refractivity contribution in [3.63, 3.8) is 0 Å². The maximum absolute atomic E-state index is 5.59. The van der Waals surface area contributed by atoms with Crippen LogP contribution in [0.2, 0.25) is 0 Å². The van der Waals surface area contributed by atoms with Gasteiger partial charge in [0.05, 0.1) is 14.2 Å². The minimum atomic E-state index is 0.278. The van der Waals surface area contributed by atoms with Crippen LogP contribution < -0.4 is 19.5 Å². The predicted molar refractivity (Wildman–Crippen MR) is 74.4 cm³/mol. The van der Waals surface area contributed by atoms with E-state index < -0.39 is 0 Å². The summed E-state index contributed by atoms with van der Waals surface area (Å²) in [5, 5.41) is 3.03. The van der Waals surface area contributed by atoms with Crippen LogP contribution >= 0.6 is 0 Å². The molecule has 1 aromatic heterocycles. The van der Waals surface area contributed by atoms with Gasteiger partial charge < -0.3 is 19.5 Å². The molecule has 1 heterocycles. The van der Waals surface area contributed by atoms with E-state index in [1.807, 2.05) is 7.05 Å². The highest BCUT2D eigenvalue weighted by atomic mass is 16.5. The Kier molecular flexibility index (Phi) is 4.73. The first-order valence-electron chi connectivity index (χ1n) is 6.11. The van der Waals surface area contributed by atoms with E-state index in [9.17, 15) is 0 Å². The first-order chi connectivity index (χ1) is 9.75. The summed E-state index contributed by atoms with van der Waals surface area (Å²) in [7, 11) is 5.04. The number of hydrogen-bond acceptors (Lipinski definition) is 6. The largest absolute Gasteiger partial charge is 0.496 e. The van der Waals surface area contributed by atoms with Gasteiger partial charge in [-0.3, -0.25) is 0 Å². The monoisotopic (exact) mass is 275 g/mol. The van der Waals surface area contributed by atoms with E-state index >= 15 is 0 Å². The fourth-order valence-corrected chi connectivity index (χ4v) is 1.64. The molecular formula is C14H17N3O3. The van der Waals surface area contributed by atoms with Gasteiger partial charge in [0.2, 0.25) is 0 Å². The highest BCUT2D eigenvalue weighted by Gasteiger charge is 2.06. The molecule has 2 aromatic rings. The quantitative estimate of drug-likeness (QED) is 0.870. The molecule has 0 aliphatic carbocycles. The van der Waals surface area contributed by atoms with E-state index in [1.54, 1.807) is 44.8 Å². The summed E-state index contributed by atoms with van der Waals surface area (Å²) >= 11 is 0. The molecule has 0 atom stereocenters. The molecule has 0 bridgehead atoms. The van der Waals surface area contributed by atoms with Crippen LogP contribution in [0.25, 0.3) is 0 Å². The molecular weight excluding hydrogens is 258 g/mol. The van der Waals surface area contributed by atoms with Crippen molar-refractivity contribution in [2.24, 2.45) is 0 Å². The van der Waals surface area contributed by atoms with Crippen LogP contribution in [0.4, 0.5) is 0 Å². The topological polar surface area (TPSA) is 65.5 Å². The highest BCUT2D eigenvalue weighted by molar-refractivity contribution is 5.42. The second-order valence-corrected chi connectivity index (χ2v) is 4.05. The van der Waals surface area contributed by atoms with Gasteiger partial charge in [0.1, 0.15) is 17.2 Å². The summed E-state index contributed by atoms with van der Waals surface area (Å²) in [5.41, 5.74) is 0.989. The minimum absolute atomic E-state index is 0.278. The molecule has 0 radical (unpaired) electrons. The van der Waals surface area contributed by atoms with Crippen molar-refractivity contribution < 1.29 is 14.2 Å². The second kappa shape index (κ2) is 6.72. The number of hydrogen-bond donors (Lipinski definition) is 1. The zero-order valence-electron chi connectivity index (χ0n) is 11.7. The number of rotatable bonds is 6. The van der Waals surface area contributed by atoms with Crippen molar-refractivity contribution in [3.05, 3.63) is 36.2 Å². The van der Waals surface area contributed by atoms with E-state index in [1.165, 1.54) is 0 Å². The van der Waals surface area contributed by atoms with Crippen LogP contribution in [-0.4, -0.2) is 31.2 Å². The Morgan fingerprint density at radius 2 is 1.50 bits per heavy atom. The van der Waals surface area contributed by atoms with Crippen molar-refractivity contribution in [1.29, 1.82) is 0 Å². The summed E-state index contributed by atoms with van der Waals surface area (Å²) < 4.78 is 15.9. The van der Waals surface area contributed by atoms with Crippen molar-refractivity contribution in [2.75, 3.05) is 21.3 Å². The summed E-state index contributed by atoms with van der Waals surface area (Å²) in [4.78, 5) is 8.30. The molecule has 6 nitrogen and oxygen atoms in total. The Labute approximate surface area is 117 Å². The van der Waals surface area contributed by atoms with Crippen LogP contribution in [0.1, 0.15) is 5.56 Å². The predicted octanol–water partition coefficient (Wildman–Crippen LogP) is 2.01. The zero-order valence-corrected chi connectivity index (χ0v) is 11.7. The SMILES string of the molecule is CNCc1cnc(Oc2cc(OC)cc(OC)c2)nc1. The van der Waals surface area contributed by atoms with Crippen LogP contribution in [-0.2, 0) is 6.54 Å². The van der Waals surface area contributed by atoms with Gasteiger partial charge in [-0.2, -0.15) is 0 Å². The van der Waals surface area contributed by atoms with Crippen LogP contribution in [0, 0.1) is 0 Å². The lowest BCUT2D eigenvalue weighted by molar-refractivity contribution is 0.382. The number of nitrogens with zero attached hydrogens (tertiary/aromatic N) is 2. The number of aromatic nitrogens is 2. The van der Waals surface area contributed by atoms with E-state index in [-0.39, 0.29) is 6.01 Å². The molecule has 2 rings (SSSR count). The third-order valence-corrected chi connectivity index (χ3v) is 2.60. The second-order valence-electron chi connectivity index (χ2n) is 4.05. The Morgan fingerprint density at radius 1 is 0.950 bits per heavy atom. The molecule has 0 aliphatic heterocycles. The van der Waals surface area contributed by atoms with Gasteiger partial charge >= 0.3 is 6.01 Å². The van der Waals surface area contributed by atoms with Crippen molar-refractivity contribution >= 4 is 0 Å². The highest BCUT2D eigenvalue weighted by Crippen LogP contribution is 2.29. The number of nitrogens with one attached hydrogen (secondary N) is 1. The fourth-order valence-electron chi connectivity index (χ4n) is 1.64. The number of methoxy groups -OCH3 is 2. The maximum Gasteiger partial charge on any atom is 0.321 e. The molecule has 1 aromatic carbocycles.